The van der Waals surface area contributed by atoms with Crippen molar-refractivity contribution in [2.75, 3.05) is 13.1 Å². The molecule has 138 valence electrons. The molecule has 26 heavy (non-hydrogen) atoms. The second-order valence-corrected chi connectivity index (χ2v) is 5.45. The number of hydrogen-bond acceptors (Lipinski definition) is 6. The SMILES string of the molecule is O=C(O)CNC(=O)CN1C(=O)C[C@H](NC(=O)OCc2ccccc2)C1=O. The highest BCUT2D eigenvalue weighted by Gasteiger charge is 2.40. The molecule has 10 nitrogen and oxygen atoms in total. The maximum Gasteiger partial charge on any atom is 0.408 e. The Hall–Kier alpha value is -3.43. The standard InChI is InChI=1S/C16H17N3O7/c20-12(17-7-14(22)23)8-19-13(21)6-11(15(19)24)18-16(25)26-9-10-4-2-1-3-5-10/h1-5,11H,6-9H2,(H,17,20)(H,18,25)(H,22,23)/t11-/m0/s1. The number of rotatable bonds is 7. The summed E-state index contributed by atoms with van der Waals surface area (Å²) < 4.78 is 4.98. The molecule has 10 heteroatoms. The highest BCUT2D eigenvalue weighted by molar-refractivity contribution is 6.08. The van der Waals surface area contributed by atoms with Gasteiger partial charge in [0.25, 0.3) is 5.91 Å². The topological polar surface area (TPSA) is 142 Å². The maximum absolute atomic E-state index is 12.1. The number of carboxylic acids is 1. The van der Waals surface area contributed by atoms with Crippen LogP contribution in [-0.4, -0.2) is 58.9 Å². The molecule has 0 bridgehead atoms. The summed E-state index contributed by atoms with van der Waals surface area (Å²) in [6.45, 7) is -1.23. The molecule has 1 aliphatic rings. The van der Waals surface area contributed by atoms with Gasteiger partial charge in [0.15, 0.2) is 0 Å². The van der Waals surface area contributed by atoms with Crippen molar-refractivity contribution in [3.8, 4) is 0 Å². The van der Waals surface area contributed by atoms with Gasteiger partial charge in [0.2, 0.25) is 11.8 Å². The van der Waals surface area contributed by atoms with Gasteiger partial charge in [-0.1, -0.05) is 30.3 Å². The molecule has 1 saturated heterocycles. The number of carbonyl (C=O) groups excluding carboxylic acids is 4. The van der Waals surface area contributed by atoms with Crippen LogP contribution in [0.4, 0.5) is 4.79 Å². The van der Waals surface area contributed by atoms with Gasteiger partial charge in [-0.15, -0.1) is 0 Å². The van der Waals surface area contributed by atoms with Gasteiger partial charge in [0.1, 0.15) is 25.7 Å². The predicted molar refractivity (Wildman–Crippen MR) is 85.5 cm³/mol. The van der Waals surface area contributed by atoms with Crippen molar-refractivity contribution < 1.29 is 33.8 Å². The third kappa shape index (κ3) is 5.30. The molecule has 2 rings (SSSR count). The van der Waals surface area contributed by atoms with E-state index in [1.54, 1.807) is 24.3 Å². The van der Waals surface area contributed by atoms with Gasteiger partial charge in [-0.2, -0.15) is 0 Å². The van der Waals surface area contributed by atoms with Crippen LogP contribution in [0, 0.1) is 0 Å². The van der Waals surface area contributed by atoms with Gasteiger partial charge in [0.05, 0.1) is 6.42 Å². The van der Waals surface area contributed by atoms with Gasteiger partial charge >= 0.3 is 12.1 Å². The van der Waals surface area contributed by atoms with E-state index in [2.05, 4.69) is 5.32 Å². The smallest absolute Gasteiger partial charge is 0.408 e. The molecule has 1 aromatic carbocycles. The molecule has 0 radical (unpaired) electrons. The molecular formula is C16H17N3O7. The van der Waals surface area contributed by atoms with Crippen molar-refractivity contribution >= 4 is 29.8 Å². The molecule has 0 aliphatic carbocycles. The van der Waals surface area contributed by atoms with Crippen LogP contribution in [0.2, 0.25) is 0 Å². The molecule has 1 aliphatic heterocycles. The first-order chi connectivity index (χ1) is 12.4. The lowest BCUT2D eigenvalue weighted by atomic mass is 10.2. The fourth-order valence-corrected chi connectivity index (χ4v) is 2.24. The first-order valence-electron chi connectivity index (χ1n) is 7.66. The number of hydrogen-bond donors (Lipinski definition) is 3. The van der Waals surface area contributed by atoms with E-state index in [-0.39, 0.29) is 13.0 Å². The molecule has 3 N–H and O–H groups in total. The second-order valence-electron chi connectivity index (χ2n) is 5.45. The highest BCUT2D eigenvalue weighted by atomic mass is 16.5. The quantitative estimate of drug-likeness (QED) is 0.541. The number of ether oxygens (including phenoxy) is 1. The molecule has 0 unspecified atom stereocenters. The van der Waals surface area contributed by atoms with Crippen molar-refractivity contribution in [3.05, 3.63) is 35.9 Å². The van der Waals surface area contributed by atoms with Gasteiger partial charge < -0.3 is 20.5 Å². The van der Waals surface area contributed by atoms with E-state index >= 15 is 0 Å². The minimum atomic E-state index is -1.25. The van der Waals surface area contributed by atoms with Gasteiger partial charge in [-0.3, -0.25) is 24.1 Å². The number of amides is 4. The van der Waals surface area contributed by atoms with Crippen LogP contribution in [0.3, 0.4) is 0 Å². The fraction of sp³-hybridized carbons (Fsp3) is 0.312. The summed E-state index contributed by atoms with van der Waals surface area (Å²) in [5, 5.41) is 12.8. The summed E-state index contributed by atoms with van der Waals surface area (Å²) in [7, 11) is 0. The number of alkyl carbamates (subject to hydrolysis) is 1. The van der Waals surface area contributed by atoms with Crippen LogP contribution in [0.25, 0.3) is 0 Å². The van der Waals surface area contributed by atoms with E-state index in [0.29, 0.717) is 4.90 Å². The molecule has 1 fully saturated rings. The number of likely N-dealkylation sites (tertiary alicyclic amines) is 1. The Morgan fingerprint density at radius 2 is 1.88 bits per heavy atom. The molecule has 1 heterocycles. The first kappa shape index (κ1) is 18.9. The van der Waals surface area contributed by atoms with Crippen molar-refractivity contribution in [3.63, 3.8) is 0 Å². The van der Waals surface area contributed by atoms with Crippen LogP contribution < -0.4 is 10.6 Å². The Bertz CT molecular complexity index is 720. The first-order valence-corrected chi connectivity index (χ1v) is 7.66. The van der Waals surface area contributed by atoms with E-state index < -0.39 is 48.9 Å². The van der Waals surface area contributed by atoms with Crippen LogP contribution in [-0.2, 0) is 30.5 Å². The van der Waals surface area contributed by atoms with E-state index in [1.807, 2.05) is 11.4 Å². The molecule has 1 atom stereocenters. The zero-order valence-corrected chi connectivity index (χ0v) is 13.6. The predicted octanol–water partition coefficient (Wildman–Crippen LogP) is -0.759. The Balaban J connectivity index is 1.82. The summed E-state index contributed by atoms with van der Waals surface area (Å²) in [5.41, 5.74) is 0.758. The number of carbonyl (C=O) groups is 5. The summed E-state index contributed by atoms with van der Waals surface area (Å²) in [4.78, 5) is 58.4. The van der Waals surface area contributed by atoms with E-state index in [1.165, 1.54) is 0 Å². The summed E-state index contributed by atoms with van der Waals surface area (Å²) in [6.07, 6.45) is -1.16. The lowest BCUT2D eigenvalue weighted by Gasteiger charge is -2.15. The number of nitrogens with zero attached hydrogens (tertiary/aromatic N) is 1. The average Bonchev–Trinajstić information content (AvgIpc) is 2.86. The zero-order valence-electron chi connectivity index (χ0n) is 13.6. The van der Waals surface area contributed by atoms with E-state index in [9.17, 15) is 24.0 Å². The van der Waals surface area contributed by atoms with Crippen LogP contribution >= 0.6 is 0 Å². The van der Waals surface area contributed by atoms with E-state index in [4.69, 9.17) is 9.84 Å². The maximum atomic E-state index is 12.1. The average molecular weight is 363 g/mol. The van der Waals surface area contributed by atoms with Gasteiger partial charge in [-0.25, -0.2) is 4.79 Å². The lowest BCUT2D eigenvalue weighted by molar-refractivity contribution is -0.143. The Morgan fingerprint density at radius 3 is 2.54 bits per heavy atom. The van der Waals surface area contributed by atoms with Crippen LogP contribution in [0.1, 0.15) is 12.0 Å². The molecule has 0 saturated carbocycles. The largest absolute Gasteiger partial charge is 0.480 e. The lowest BCUT2D eigenvalue weighted by Crippen LogP contribution is -2.45. The monoisotopic (exact) mass is 363 g/mol. The summed E-state index contributed by atoms with van der Waals surface area (Å²) in [5.74, 6) is -3.44. The van der Waals surface area contributed by atoms with Gasteiger partial charge in [0, 0.05) is 0 Å². The number of carboxylic acid groups (broad SMARTS) is 1. The number of aliphatic carboxylic acids is 1. The van der Waals surface area contributed by atoms with Crippen LogP contribution in [0.5, 0.6) is 0 Å². The zero-order chi connectivity index (χ0) is 19.1. The molecule has 1 aromatic rings. The highest BCUT2D eigenvalue weighted by Crippen LogP contribution is 2.13. The van der Waals surface area contributed by atoms with Crippen LogP contribution in [0.15, 0.2) is 30.3 Å². The van der Waals surface area contributed by atoms with Crippen molar-refractivity contribution in [2.24, 2.45) is 0 Å². The third-order valence-electron chi connectivity index (χ3n) is 3.49. The fourth-order valence-electron chi connectivity index (χ4n) is 2.24. The minimum Gasteiger partial charge on any atom is -0.480 e. The van der Waals surface area contributed by atoms with Crippen molar-refractivity contribution in [2.45, 2.75) is 19.1 Å². The van der Waals surface area contributed by atoms with Crippen molar-refractivity contribution in [1.29, 1.82) is 0 Å². The Labute approximate surface area is 148 Å². The number of nitrogens with one attached hydrogen (secondary N) is 2. The summed E-state index contributed by atoms with van der Waals surface area (Å²) in [6, 6.07) is 7.77. The third-order valence-corrected chi connectivity index (χ3v) is 3.49. The number of benzene rings is 1. The molecular weight excluding hydrogens is 346 g/mol. The van der Waals surface area contributed by atoms with Gasteiger partial charge in [-0.05, 0) is 5.56 Å². The minimum absolute atomic E-state index is 0.00282. The van der Waals surface area contributed by atoms with E-state index in [0.717, 1.165) is 5.56 Å². The Kier molecular flexibility index (Phi) is 6.25. The molecule has 0 aromatic heterocycles. The normalized spacial score (nSPS) is 16.3. The molecule has 4 amide bonds. The number of imide groups is 1. The molecule has 0 spiro atoms. The Morgan fingerprint density at radius 1 is 1.19 bits per heavy atom. The summed E-state index contributed by atoms with van der Waals surface area (Å²) >= 11 is 0. The van der Waals surface area contributed by atoms with Crippen molar-refractivity contribution in [1.82, 2.24) is 15.5 Å². The second kappa shape index (κ2) is 8.60.